The Hall–Kier alpha value is -1.95. The Morgan fingerprint density at radius 1 is 1.50 bits per heavy atom. The first-order valence-corrected chi connectivity index (χ1v) is 5.44. The lowest BCUT2D eigenvalue weighted by molar-refractivity contribution is -0.137. The average molecular weight is 271 g/mol. The van der Waals surface area contributed by atoms with Crippen molar-refractivity contribution in [3.8, 4) is 0 Å². The summed E-state index contributed by atoms with van der Waals surface area (Å²) in [7, 11) is 0. The van der Waals surface area contributed by atoms with Crippen molar-refractivity contribution in [2.75, 3.05) is 0 Å². The molecule has 5 nitrogen and oxygen atoms in total. The molecule has 0 spiro atoms. The molecule has 1 N–H and O–H groups in total. The van der Waals surface area contributed by atoms with Crippen molar-refractivity contribution < 1.29 is 14.3 Å². The number of carboxylic acid groups (broad SMARTS) is 1. The number of fused-ring (bicyclic) bond motifs is 1. The molecule has 0 aliphatic carbocycles. The van der Waals surface area contributed by atoms with E-state index in [4.69, 9.17) is 16.7 Å². The van der Waals surface area contributed by atoms with Gasteiger partial charge in [-0.2, -0.15) is 0 Å². The van der Waals surface area contributed by atoms with Crippen LogP contribution in [0.15, 0.2) is 23.0 Å². The van der Waals surface area contributed by atoms with Gasteiger partial charge in [0, 0.05) is 6.54 Å². The molecule has 0 aliphatic rings. The Morgan fingerprint density at radius 2 is 2.22 bits per heavy atom. The smallest absolute Gasteiger partial charge is 0.305 e. The highest BCUT2D eigenvalue weighted by atomic mass is 35.5. The van der Waals surface area contributed by atoms with E-state index in [1.807, 2.05) is 0 Å². The molecular weight excluding hydrogens is 263 g/mol. The summed E-state index contributed by atoms with van der Waals surface area (Å²) in [6.45, 7) is -0.105. The zero-order valence-electron chi connectivity index (χ0n) is 9.06. The van der Waals surface area contributed by atoms with Crippen molar-refractivity contribution in [1.82, 2.24) is 9.55 Å². The third-order valence-corrected chi connectivity index (χ3v) is 2.71. The lowest BCUT2D eigenvalue weighted by atomic mass is 10.2. The first-order valence-electron chi connectivity index (χ1n) is 5.06. The molecule has 0 amide bonds. The average Bonchev–Trinajstić information content (AvgIpc) is 2.30. The zero-order chi connectivity index (χ0) is 13.3. The molecule has 0 unspecified atom stereocenters. The molecule has 2 aromatic rings. The summed E-state index contributed by atoms with van der Waals surface area (Å²) in [6.07, 6.45) is -0.262. The van der Waals surface area contributed by atoms with Gasteiger partial charge >= 0.3 is 5.97 Å². The Balaban J connectivity index is 2.60. The third-order valence-electron chi connectivity index (χ3n) is 2.42. The fraction of sp³-hybridized carbons (Fsp3) is 0.182. The van der Waals surface area contributed by atoms with Gasteiger partial charge in [0.15, 0.2) is 0 Å². The molecule has 1 aromatic carbocycles. The molecule has 0 saturated heterocycles. The second-order valence-corrected chi connectivity index (χ2v) is 3.98. The maximum Gasteiger partial charge on any atom is 0.305 e. The van der Waals surface area contributed by atoms with Crippen molar-refractivity contribution in [3.63, 3.8) is 0 Å². The van der Waals surface area contributed by atoms with Crippen molar-refractivity contribution in [1.29, 1.82) is 0 Å². The summed E-state index contributed by atoms with van der Waals surface area (Å²) >= 11 is 5.80. The van der Waals surface area contributed by atoms with E-state index in [9.17, 15) is 14.0 Å². The number of nitrogens with zero attached hydrogens (tertiary/aromatic N) is 2. The van der Waals surface area contributed by atoms with Crippen LogP contribution in [0.2, 0.25) is 5.28 Å². The first kappa shape index (κ1) is 12.5. The van der Waals surface area contributed by atoms with Gasteiger partial charge in [-0.25, -0.2) is 9.37 Å². The minimum atomic E-state index is -1.06. The number of aliphatic carboxylic acids is 1. The standard InChI is InChI=1S/C11H8ClFN2O3/c12-11-14-8-2-1-6(13)5-7(8)10(18)15(11)4-3-9(16)17/h1-2,5H,3-4H2,(H,16,17). The van der Waals surface area contributed by atoms with Crippen LogP contribution in [0.5, 0.6) is 0 Å². The molecule has 1 aromatic heterocycles. The molecule has 94 valence electrons. The van der Waals surface area contributed by atoms with E-state index in [-0.39, 0.29) is 29.2 Å². The summed E-state index contributed by atoms with van der Waals surface area (Å²) in [5.74, 6) is -1.62. The van der Waals surface area contributed by atoms with E-state index in [2.05, 4.69) is 4.98 Å². The van der Waals surface area contributed by atoms with Crippen molar-refractivity contribution in [2.24, 2.45) is 0 Å². The van der Waals surface area contributed by atoms with Gasteiger partial charge in [0.1, 0.15) is 5.82 Å². The summed E-state index contributed by atoms with van der Waals surface area (Å²) < 4.78 is 14.1. The number of carboxylic acids is 1. The number of carbonyl (C=O) groups is 1. The topological polar surface area (TPSA) is 72.2 Å². The molecule has 0 fully saturated rings. The maximum atomic E-state index is 13.1. The number of halogens is 2. The molecule has 1 heterocycles. The molecule has 0 atom stereocenters. The number of hydrogen-bond donors (Lipinski definition) is 1. The molecule has 0 bridgehead atoms. The van der Waals surface area contributed by atoms with Gasteiger partial charge in [0.2, 0.25) is 5.28 Å². The summed E-state index contributed by atoms with van der Waals surface area (Å²) in [5.41, 5.74) is -0.274. The largest absolute Gasteiger partial charge is 0.481 e. The highest BCUT2D eigenvalue weighted by Crippen LogP contribution is 2.13. The van der Waals surface area contributed by atoms with Gasteiger partial charge in [-0.15, -0.1) is 0 Å². The minimum Gasteiger partial charge on any atom is -0.481 e. The Labute approximate surface area is 105 Å². The Bertz CT molecular complexity index is 684. The predicted octanol–water partition coefficient (Wildman–Crippen LogP) is 1.66. The quantitative estimate of drug-likeness (QED) is 0.861. The zero-order valence-corrected chi connectivity index (χ0v) is 9.82. The summed E-state index contributed by atoms with van der Waals surface area (Å²) in [6, 6.07) is 3.57. The van der Waals surface area contributed by atoms with E-state index >= 15 is 0 Å². The van der Waals surface area contributed by atoms with Gasteiger partial charge in [-0.3, -0.25) is 14.2 Å². The second kappa shape index (κ2) is 4.73. The van der Waals surface area contributed by atoms with Crippen LogP contribution in [0.1, 0.15) is 6.42 Å². The van der Waals surface area contributed by atoms with E-state index in [0.717, 1.165) is 10.6 Å². The van der Waals surface area contributed by atoms with Gasteiger partial charge < -0.3 is 5.11 Å². The SMILES string of the molecule is O=C(O)CCn1c(Cl)nc2ccc(F)cc2c1=O. The van der Waals surface area contributed by atoms with Gasteiger partial charge in [0.25, 0.3) is 5.56 Å². The minimum absolute atomic E-state index is 0.0739. The number of benzene rings is 1. The van der Waals surface area contributed by atoms with Crippen LogP contribution in [0.4, 0.5) is 4.39 Å². The molecule has 0 aliphatic heterocycles. The molecule has 0 saturated carbocycles. The highest BCUT2D eigenvalue weighted by molar-refractivity contribution is 6.28. The maximum absolute atomic E-state index is 13.1. The number of hydrogen-bond acceptors (Lipinski definition) is 3. The summed E-state index contributed by atoms with van der Waals surface area (Å²) in [5, 5.41) is 8.54. The van der Waals surface area contributed by atoms with Crippen LogP contribution < -0.4 is 5.56 Å². The van der Waals surface area contributed by atoms with Crippen molar-refractivity contribution >= 4 is 28.5 Å². The van der Waals surface area contributed by atoms with Crippen LogP contribution >= 0.6 is 11.6 Å². The lowest BCUT2D eigenvalue weighted by Crippen LogP contribution is -2.23. The monoisotopic (exact) mass is 270 g/mol. The number of aromatic nitrogens is 2. The van der Waals surface area contributed by atoms with Crippen LogP contribution in [0, 0.1) is 5.82 Å². The van der Waals surface area contributed by atoms with Gasteiger partial charge in [0.05, 0.1) is 17.3 Å². The molecular formula is C11H8ClFN2O3. The normalized spacial score (nSPS) is 10.8. The van der Waals surface area contributed by atoms with Crippen LogP contribution in [-0.2, 0) is 11.3 Å². The highest BCUT2D eigenvalue weighted by Gasteiger charge is 2.11. The van der Waals surface area contributed by atoms with Crippen LogP contribution in [0.25, 0.3) is 10.9 Å². The van der Waals surface area contributed by atoms with E-state index in [1.165, 1.54) is 12.1 Å². The molecule has 2 rings (SSSR count). The van der Waals surface area contributed by atoms with E-state index < -0.39 is 17.3 Å². The number of rotatable bonds is 3. The summed E-state index contributed by atoms with van der Waals surface area (Å²) in [4.78, 5) is 26.4. The molecule has 18 heavy (non-hydrogen) atoms. The molecule has 7 heteroatoms. The predicted molar refractivity (Wildman–Crippen MR) is 63.2 cm³/mol. The van der Waals surface area contributed by atoms with Gasteiger partial charge in [-0.1, -0.05) is 0 Å². The van der Waals surface area contributed by atoms with E-state index in [1.54, 1.807) is 0 Å². The van der Waals surface area contributed by atoms with Crippen LogP contribution in [-0.4, -0.2) is 20.6 Å². The van der Waals surface area contributed by atoms with Crippen molar-refractivity contribution in [2.45, 2.75) is 13.0 Å². The second-order valence-electron chi connectivity index (χ2n) is 3.64. The Kier molecular flexibility index (Phi) is 3.29. The lowest BCUT2D eigenvalue weighted by Gasteiger charge is -2.07. The fourth-order valence-corrected chi connectivity index (χ4v) is 1.82. The van der Waals surface area contributed by atoms with Crippen LogP contribution in [0.3, 0.4) is 0 Å². The Morgan fingerprint density at radius 3 is 2.89 bits per heavy atom. The molecule has 0 radical (unpaired) electrons. The third kappa shape index (κ3) is 2.33. The first-order chi connectivity index (χ1) is 8.49. The van der Waals surface area contributed by atoms with E-state index in [0.29, 0.717) is 0 Å². The van der Waals surface area contributed by atoms with Crippen molar-refractivity contribution in [3.05, 3.63) is 39.7 Å². The fourth-order valence-electron chi connectivity index (χ4n) is 1.57. The van der Waals surface area contributed by atoms with Gasteiger partial charge in [-0.05, 0) is 29.8 Å².